The number of piperazine rings is 1. The Morgan fingerprint density at radius 1 is 1.12 bits per heavy atom. The second-order valence-corrected chi connectivity index (χ2v) is 4.79. The van der Waals surface area contributed by atoms with E-state index in [2.05, 4.69) is 28.8 Å². The lowest BCUT2D eigenvalue weighted by Gasteiger charge is -2.32. The van der Waals surface area contributed by atoms with Crippen molar-refractivity contribution in [2.75, 3.05) is 73.6 Å². The van der Waals surface area contributed by atoms with E-state index in [0.717, 1.165) is 13.2 Å². The molecule has 4 nitrogen and oxygen atoms in total. The van der Waals surface area contributed by atoms with E-state index in [9.17, 15) is 0 Å². The Labute approximate surface area is 100 Å². The van der Waals surface area contributed by atoms with E-state index in [1.165, 1.54) is 45.7 Å². The summed E-state index contributed by atoms with van der Waals surface area (Å²) in [7, 11) is 6.14. The summed E-state index contributed by atoms with van der Waals surface area (Å²) in [6.07, 6.45) is 1.27. The Balaban J connectivity index is 1.98. The van der Waals surface area contributed by atoms with Crippen LogP contribution in [-0.2, 0) is 4.74 Å². The minimum Gasteiger partial charge on any atom is -0.383 e. The molecule has 0 radical (unpaired) electrons. The van der Waals surface area contributed by atoms with Crippen molar-refractivity contribution in [3.8, 4) is 0 Å². The molecular weight excluding hydrogens is 202 g/mol. The van der Waals surface area contributed by atoms with Gasteiger partial charge in [-0.05, 0) is 33.6 Å². The van der Waals surface area contributed by atoms with E-state index < -0.39 is 0 Å². The highest BCUT2D eigenvalue weighted by Gasteiger charge is 2.12. The van der Waals surface area contributed by atoms with Gasteiger partial charge in [-0.2, -0.15) is 0 Å². The monoisotopic (exact) mass is 229 g/mol. The molecule has 0 saturated carbocycles. The molecule has 4 heteroatoms. The predicted octanol–water partition coefficient (Wildman–Crippen LogP) is 0.202. The first kappa shape index (κ1) is 13.9. The molecular formula is C12H27N3O. The van der Waals surface area contributed by atoms with E-state index in [-0.39, 0.29) is 0 Å². The van der Waals surface area contributed by atoms with E-state index in [0.29, 0.717) is 0 Å². The Hall–Kier alpha value is -0.160. The first-order chi connectivity index (χ1) is 7.72. The quantitative estimate of drug-likeness (QED) is 0.621. The minimum atomic E-state index is 0.838. The number of likely N-dealkylation sites (N-methyl/N-ethyl adjacent to an activating group) is 2. The van der Waals surface area contributed by atoms with Gasteiger partial charge in [0.05, 0.1) is 6.61 Å². The van der Waals surface area contributed by atoms with Crippen LogP contribution in [0, 0.1) is 0 Å². The Morgan fingerprint density at radius 3 is 2.44 bits per heavy atom. The Morgan fingerprint density at radius 2 is 1.81 bits per heavy atom. The minimum absolute atomic E-state index is 0.838. The molecule has 1 saturated heterocycles. The van der Waals surface area contributed by atoms with Gasteiger partial charge in [0.1, 0.15) is 0 Å². The number of methoxy groups -OCH3 is 1. The van der Waals surface area contributed by atoms with Crippen LogP contribution in [0.2, 0.25) is 0 Å². The SMILES string of the molecule is COCCN(C)CCCN1CCN(C)CC1. The zero-order chi connectivity index (χ0) is 11.8. The van der Waals surface area contributed by atoms with Gasteiger partial charge in [-0.3, -0.25) is 0 Å². The van der Waals surface area contributed by atoms with Crippen molar-refractivity contribution in [3.05, 3.63) is 0 Å². The molecule has 1 heterocycles. The normalized spacial score (nSPS) is 19.5. The zero-order valence-electron chi connectivity index (χ0n) is 11.1. The third-order valence-electron chi connectivity index (χ3n) is 3.29. The summed E-state index contributed by atoms with van der Waals surface area (Å²) in [5.41, 5.74) is 0. The van der Waals surface area contributed by atoms with Crippen molar-refractivity contribution in [2.45, 2.75) is 6.42 Å². The number of ether oxygens (including phenoxy) is 1. The van der Waals surface area contributed by atoms with Gasteiger partial charge < -0.3 is 19.4 Å². The first-order valence-electron chi connectivity index (χ1n) is 6.30. The van der Waals surface area contributed by atoms with Crippen LogP contribution in [-0.4, -0.2) is 88.3 Å². The van der Waals surface area contributed by atoms with Gasteiger partial charge >= 0.3 is 0 Å². The second kappa shape index (κ2) is 8.01. The van der Waals surface area contributed by atoms with Crippen molar-refractivity contribution in [1.82, 2.24) is 14.7 Å². The fraction of sp³-hybridized carbons (Fsp3) is 1.00. The summed E-state index contributed by atoms with van der Waals surface area (Å²) in [5, 5.41) is 0. The van der Waals surface area contributed by atoms with Crippen LogP contribution >= 0.6 is 0 Å². The third-order valence-corrected chi connectivity index (χ3v) is 3.29. The summed E-state index contributed by atoms with van der Waals surface area (Å²) >= 11 is 0. The largest absolute Gasteiger partial charge is 0.383 e. The average Bonchev–Trinajstić information content (AvgIpc) is 2.29. The van der Waals surface area contributed by atoms with Gasteiger partial charge in [0.2, 0.25) is 0 Å². The molecule has 0 atom stereocenters. The molecule has 0 unspecified atom stereocenters. The molecule has 0 bridgehead atoms. The van der Waals surface area contributed by atoms with Crippen LogP contribution in [0.5, 0.6) is 0 Å². The third kappa shape index (κ3) is 5.80. The lowest BCUT2D eigenvalue weighted by Crippen LogP contribution is -2.45. The van der Waals surface area contributed by atoms with Crippen molar-refractivity contribution in [1.29, 1.82) is 0 Å². The maximum absolute atomic E-state index is 5.06. The maximum Gasteiger partial charge on any atom is 0.0589 e. The first-order valence-corrected chi connectivity index (χ1v) is 6.30. The van der Waals surface area contributed by atoms with Gasteiger partial charge in [-0.15, -0.1) is 0 Å². The number of rotatable bonds is 7. The lowest BCUT2D eigenvalue weighted by molar-refractivity contribution is 0.138. The summed E-state index contributed by atoms with van der Waals surface area (Å²) in [6, 6.07) is 0. The molecule has 0 aromatic heterocycles. The number of nitrogens with zero attached hydrogens (tertiary/aromatic N) is 3. The fourth-order valence-electron chi connectivity index (χ4n) is 1.99. The molecule has 0 N–H and O–H groups in total. The van der Waals surface area contributed by atoms with Crippen LogP contribution in [0.1, 0.15) is 6.42 Å². The highest BCUT2D eigenvalue weighted by Crippen LogP contribution is 2.00. The summed E-state index contributed by atoms with van der Waals surface area (Å²) in [5.74, 6) is 0. The molecule has 96 valence electrons. The summed E-state index contributed by atoms with van der Waals surface area (Å²) in [6.45, 7) is 9.21. The number of hydrogen-bond acceptors (Lipinski definition) is 4. The molecule has 0 aromatic carbocycles. The van der Waals surface area contributed by atoms with Crippen molar-refractivity contribution in [2.24, 2.45) is 0 Å². The molecule has 1 rings (SSSR count). The molecule has 1 fully saturated rings. The van der Waals surface area contributed by atoms with E-state index in [1.54, 1.807) is 7.11 Å². The molecule has 1 aliphatic rings. The Kier molecular flexibility index (Phi) is 6.96. The zero-order valence-corrected chi connectivity index (χ0v) is 11.1. The van der Waals surface area contributed by atoms with Gasteiger partial charge in [0, 0.05) is 39.8 Å². The molecule has 0 aliphatic carbocycles. The van der Waals surface area contributed by atoms with Crippen molar-refractivity contribution < 1.29 is 4.74 Å². The Bertz CT molecular complexity index is 170. The molecule has 16 heavy (non-hydrogen) atoms. The lowest BCUT2D eigenvalue weighted by atomic mass is 10.3. The van der Waals surface area contributed by atoms with E-state index >= 15 is 0 Å². The summed E-state index contributed by atoms with van der Waals surface area (Å²) < 4.78 is 5.06. The summed E-state index contributed by atoms with van der Waals surface area (Å²) in [4.78, 5) is 7.32. The van der Waals surface area contributed by atoms with E-state index in [4.69, 9.17) is 4.74 Å². The number of hydrogen-bond donors (Lipinski definition) is 0. The predicted molar refractivity (Wildman–Crippen MR) is 67.9 cm³/mol. The van der Waals surface area contributed by atoms with Crippen LogP contribution in [0.4, 0.5) is 0 Å². The van der Waals surface area contributed by atoms with Crippen LogP contribution in [0.3, 0.4) is 0 Å². The van der Waals surface area contributed by atoms with Crippen molar-refractivity contribution >= 4 is 0 Å². The van der Waals surface area contributed by atoms with Crippen LogP contribution in [0.15, 0.2) is 0 Å². The highest BCUT2D eigenvalue weighted by molar-refractivity contribution is 4.69. The van der Waals surface area contributed by atoms with Crippen LogP contribution in [0.25, 0.3) is 0 Å². The molecule has 0 amide bonds. The second-order valence-electron chi connectivity index (χ2n) is 4.79. The van der Waals surface area contributed by atoms with E-state index in [1.807, 2.05) is 0 Å². The van der Waals surface area contributed by atoms with Gasteiger partial charge in [0.15, 0.2) is 0 Å². The van der Waals surface area contributed by atoms with Crippen LogP contribution < -0.4 is 0 Å². The standard InChI is InChI=1S/C12H27N3O/c1-13(11-12-16-3)5-4-6-15-9-7-14(2)8-10-15/h4-12H2,1-3H3. The molecule has 0 aromatic rings. The van der Waals surface area contributed by atoms with Gasteiger partial charge in [-0.1, -0.05) is 0 Å². The average molecular weight is 229 g/mol. The molecule has 0 spiro atoms. The smallest absolute Gasteiger partial charge is 0.0589 e. The maximum atomic E-state index is 5.06. The van der Waals surface area contributed by atoms with Gasteiger partial charge in [0.25, 0.3) is 0 Å². The fourth-order valence-corrected chi connectivity index (χ4v) is 1.99. The topological polar surface area (TPSA) is 19.0 Å². The highest BCUT2D eigenvalue weighted by atomic mass is 16.5. The molecule has 1 aliphatic heterocycles. The van der Waals surface area contributed by atoms with Crippen molar-refractivity contribution in [3.63, 3.8) is 0 Å². The van der Waals surface area contributed by atoms with Gasteiger partial charge in [-0.25, -0.2) is 0 Å².